The van der Waals surface area contributed by atoms with Crippen LogP contribution in [-0.4, -0.2) is 35.8 Å². The average molecular weight is 555 g/mol. The number of benzene rings is 2. The molecule has 0 radical (unpaired) electrons. The summed E-state index contributed by atoms with van der Waals surface area (Å²) in [6, 6.07) is 13.3. The number of nitrogens with zero attached hydrogens (tertiary/aromatic N) is 2. The molecule has 0 spiro atoms. The van der Waals surface area contributed by atoms with Crippen LogP contribution in [0.2, 0.25) is 5.02 Å². The summed E-state index contributed by atoms with van der Waals surface area (Å²) in [6.07, 6.45) is 1.42. The number of hydrogen-bond donors (Lipinski definition) is 0. The van der Waals surface area contributed by atoms with Crippen LogP contribution in [0.25, 0.3) is 6.08 Å². The molecule has 0 amide bonds. The number of esters is 2. The van der Waals surface area contributed by atoms with Gasteiger partial charge in [-0.15, -0.1) is 0 Å². The summed E-state index contributed by atoms with van der Waals surface area (Å²) in [5, 5.41) is 0.544. The van der Waals surface area contributed by atoms with Crippen LogP contribution in [0.1, 0.15) is 44.9 Å². The third kappa shape index (κ3) is 6.06. The third-order valence-electron chi connectivity index (χ3n) is 5.61. The zero-order valence-corrected chi connectivity index (χ0v) is 23.0. The molecular weight excluding hydrogens is 528 g/mol. The molecule has 4 rings (SSSR count). The van der Waals surface area contributed by atoms with Crippen LogP contribution in [0.5, 0.6) is 5.75 Å². The fourth-order valence-corrected chi connectivity index (χ4v) is 5.15. The second-order valence-corrected chi connectivity index (χ2v) is 10.2. The van der Waals surface area contributed by atoms with Gasteiger partial charge in [-0.3, -0.25) is 9.36 Å². The molecule has 1 aliphatic heterocycles. The first kappa shape index (κ1) is 27.3. The molecule has 0 bridgehead atoms. The first-order valence-electron chi connectivity index (χ1n) is 12.1. The number of carbonyl (C=O) groups is 2. The predicted octanol–water partition coefficient (Wildman–Crippen LogP) is 3.78. The van der Waals surface area contributed by atoms with Crippen molar-refractivity contribution >= 4 is 41.0 Å². The van der Waals surface area contributed by atoms with Crippen molar-refractivity contribution in [2.75, 3.05) is 13.2 Å². The molecule has 198 valence electrons. The lowest BCUT2D eigenvalue weighted by Crippen LogP contribution is -2.40. The summed E-state index contributed by atoms with van der Waals surface area (Å²) in [5.41, 5.74) is 2.00. The molecule has 8 nitrogen and oxygen atoms in total. The van der Waals surface area contributed by atoms with Crippen LogP contribution in [0.15, 0.2) is 69.6 Å². The van der Waals surface area contributed by atoms with Gasteiger partial charge in [0.05, 0.1) is 34.6 Å². The molecule has 0 N–H and O–H groups in total. The summed E-state index contributed by atoms with van der Waals surface area (Å²) < 4.78 is 17.8. The summed E-state index contributed by atoms with van der Waals surface area (Å²) >= 11 is 7.34. The van der Waals surface area contributed by atoms with Crippen LogP contribution in [0.3, 0.4) is 0 Å². The van der Waals surface area contributed by atoms with E-state index in [-0.39, 0.29) is 24.9 Å². The van der Waals surface area contributed by atoms with E-state index in [1.54, 1.807) is 82.3 Å². The zero-order valence-electron chi connectivity index (χ0n) is 21.4. The van der Waals surface area contributed by atoms with Crippen molar-refractivity contribution in [2.24, 2.45) is 4.99 Å². The molecule has 0 saturated heterocycles. The highest BCUT2D eigenvalue weighted by Crippen LogP contribution is 2.31. The van der Waals surface area contributed by atoms with Gasteiger partial charge in [0.1, 0.15) is 5.75 Å². The van der Waals surface area contributed by atoms with Gasteiger partial charge in [0.25, 0.3) is 5.56 Å². The lowest BCUT2D eigenvalue weighted by Gasteiger charge is -2.25. The van der Waals surface area contributed by atoms with Gasteiger partial charge in [0.15, 0.2) is 11.4 Å². The van der Waals surface area contributed by atoms with E-state index < -0.39 is 18.0 Å². The number of fused-ring (bicyclic) bond motifs is 1. The van der Waals surface area contributed by atoms with E-state index in [0.29, 0.717) is 31.4 Å². The number of rotatable bonds is 8. The highest BCUT2D eigenvalue weighted by Gasteiger charge is 2.33. The van der Waals surface area contributed by atoms with E-state index in [9.17, 15) is 14.4 Å². The number of carbonyl (C=O) groups excluding carboxylic acids is 2. The lowest BCUT2D eigenvalue weighted by atomic mass is 9.96. The number of hydrogen-bond acceptors (Lipinski definition) is 8. The van der Waals surface area contributed by atoms with E-state index in [0.717, 1.165) is 11.1 Å². The fourth-order valence-electron chi connectivity index (χ4n) is 3.98. The smallest absolute Gasteiger partial charge is 0.344 e. The van der Waals surface area contributed by atoms with Gasteiger partial charge in [0, 0.05) is 5.02 Å². The molecule has 0 fully saturated rings. The molecule has 1 aromatic heterocycles. The molecule has 0 unspecified atom stereocenters. The SMILES string of the molecule is CCOC(=O)COc1ccc(/C=c2\sc3n(c2=O)[C@H](c2ccc(Cl)cc2)C(C(=O)OC(C)C)=C(C)N=3)cc1. The van der Waals surface area contributed by atoms with Crippen LogP contribution in [-0.2, 0) is 19.1 Å². The molecule has 0 saturated carbocycles. The Morgan fingerprint density at radius 2 is 1.82 bits per heavy atom. The Labute approximate surface area is 228 Å². The standard InChI is InChI=1S/C28H27ClN2O6S/c1-5-35-23(32)15-36-21-12-6-18(7-13-21)14-22-26(33)31-25(19-8-10-20(29)11-9-19)24(27(34)37-16(2)3)17(4)30-28(31)38-22/h6-14,16,25H,5,15H2,1-4H3/b22-14-/t25-/m1/s1. The maximum absolute atomic E-state index is 13.7. The summed E-state index contributed by atoms with van der Waals surface area (Å²) in [5.74, 6) is -0.461. The molecule has 1 aliphatic rings. The van der Waals surface area contributed by atoms with Crippen LogP contribution >= 0.6 is 22.9 Å². The van der Waals surface area contributed by atoms with E-state index in [1.165, 1.54) is 15.9 Å². The largest absolute Gasteiger partial charge is 0.482 e. The van der Waals surface area contributed by atoms with Crippen molar-refractivity contribution < 1.29 is 23.8 Å². The molecule has 3 aromatic rings. The van der Waals surface area contributed by atoms with E-state index >= 15 is 0 Å². The Morgan fingerprint density at radius 1 is 1.13 bits per heavy atom. The number of ether oxygens (including phenoxy) is 3. The van der Waals surface area contributed by atoms with Gasteiger partial charge in [-0.1, -0.05) is 47.2 Å². The van der Waals surface area contributed by atoms with E-state index in [1.807, 2.05) is 0 Å². The normalized spacial score (nSPS) is 15.2. The van der Waals surface area contributed by atoms with Crippen molar-refractivity contribution in [1.82, 2.24) is 4.57 Å². The monoisotopic (exact) mass is 554 g/mol. The third-order valence-corrected chi connectivity index (χ3v) is 6.84. The first-order chi connectivity index (χ1) is 18.2. The molecule has 38 heavy (non-hydrogen) atoms. The summed E-state index contributed by atoms with van der Waals surface area (Å²) in [7, 11) is 0. The maximum Gasteiger partial charge on any atom is 0.344 e. The Balaban J connectivity index is 1.73. The predicted molar refractivity (Wildman–Crippen MR) is 145 cm³/mol. The Bertz CT molecular complexity index is 1550. The molecular formula is C28H27ClN2O6S. The topological polar surface area (TPSA) is 96.2 Å². The fraction of sp³-hybridized carbons (Fsp3) is 0.286. The number of halogens is 1. The quantitative estimate of drug-likeness (QED) is 0.393. The first-order valence-corrected chi connectivity index (χ1v) is 13.2. The number of aromatic nitrogens is 1. The van der Waals surface area contributed by atoms with Crippen LogP contribution in [0.4, 0.5) is 0 Å². The Hall–Kier alpha value is -3.69. The van der Waals surface area contributed by atoms with Gasteiger partial charge in [-0.25, -0.2) is 14.6 Å². The minimum absolute atomic E-state index is 0.183. The summed E-state index contributed by atoms with van der Waals surface area (Å²) in [6.45, 7) is 7.12. The number of allylic oxidation sites excluding steroid dienone is 1. The highest BCUT2D eigenvalue weighted by atomic mass is 35.5. The minimum Gasteiger partial charge on any atom is -0.482 e. The molecule has 10 heteroatoms. The second-order valence-electron chi connectivity index (χ2n) is 8.75. The number of thiazole rings is 1. The van der Waals surface area contributed by atoms with Gasteiger partial charge < -0.3 is 14.2 Å². The summed E-state index contributed by atoms with van der Waals surface area (Å²) in [4.78, 5) is 43.4. The van der Waals surface area contributed by atoms with Gasteiger partial charge in [-0.2, -0.15) is 0 Å². The van der Waals surface area contributed by atoms with Gasteiger partial charge in [0.2, 0.25) is 0 Å². The van der Waals surface area contributed by atoms with Crippen LogP contribution in [0, 0.1) is 0 Å². The maximum atomic E-state index is 13.7. The van der Waals surface area contributed by atoms with Gasteiger partial charge >= 0.3 is 11.9 Å². The Morgan fingerprint density at radius 3 is 2.45 bits per heavy atom. The van der Waals surface area contributed by atoms with E-state index in [4.69, 9.17) is 25.8 Å². The van der Waals surface area contributed by atoms with Crippen molar-refractivity contribution in [3.8, 4) is 5.75 Å². The Kier molecular flexibility index (Phi) is 8.48. The second kappa shape index (κ2) is 11.8. The van der Waals surface area contributed by atoms with Crippen molar-refractivity contribution in [1.29, 1.82) is 0 Å². The minimum atomic E-state index is -0.712. The lowest BCUT2D eigenvalue weighted by molar-refractivity contribution is -0.145. The molecule has 0 aliphatic carbocycles. The molecule has 2 aromatic carbocycles. The van der Waals surface area contributed by atoms with Crippen molar-refractivity contribution in [3.05, 3.63) is 95.6 Å². The van der Waals surface area contributed by atoms with E-state index in [2.05, 4.69) is 4.99 Å². The van der Waals surface area contributed by atoms with Gasteiger partial charge in [-0.05, 0) is 69.2 Å². The average Bonchev–Trinajstić information content (AvgIpc) is 3.17. The molecule has 2 heterocycles. The van der Waals surface area contributed by atoms with Crippen LogP contribution < -0.4 is 19.6 Å². The van der Waals surface area contributed by atoms with Crippen molar-refractivity contribution in [3.63, 3.8) is 0 Å². The van der Waals surface area contributed by atoms with Crippen molar-refractivity contribution in [2.45, 2.75) is 39.8 Å². The zero-order chi connectivity index (χ0) is 27.4. The molecule has 1 atom stereocenters. The highest BCUT2D eigenvalue weighted by molar-refractivity contribution is 7.07.